The van der Waals surface area contributed by atoms with Gasteiger partial charge in [-0.1, -0.05) is 27.5 Å². The average Bonchev–Trinajstić information content (AvgIpc) is 2.77. The highest BCUT2D eigenvalue weighted by atomic mass is 79.9. The zero-order valence-corrected chi connectivity index (χ0v) is 21.1. The highest BCUT2D eigenvalue weighted by molar-refractivity contribution is 9.10. The first-order valence-corrected chi connectivity index (χ1v) is 12.7. The minimum Gasteiger partial charge on any atom is -0.492 e. The van der Waals surface area contributed by atoms with Crippen molar-refractivity contribution in [2.75, 3.05) is 23.3 Å². The van der Waals surface area contributed by atoms with Gasteiger partial charge in [0.05, 0.1) is 29.5 Å². The van der Waals surface area contributed by atoms with Gasteiger partial charge >= 0.3 is 0 Å². The summed E-state index contributed by atoms with van der Waals surface area (Å²) in [5, 5.41) is 3.30. The molecule has 2 N–H and O–H groups in total. The normalized spacial score (nSPS) is 11.0. The lowest BCUT2D eigenvalue weighted by Crippen LogP contribution is -2.16. The van der Waals surface area contributed by atoms with Gasteiger partial charge in [0, 0.05) is 27.2 Å². The molecule has 0 atom stereocenters. The predicted octanol–water partition coefficient (Wildman–Crippen LogP) is 5.95. The fourth-order valence-corrected chi connectivity index (χ4v) is 4.35. The van der Waals surface area contributed by atoms with E-state index in [1.807, 2.05) is 0 Å². The Hall–Kier alpha value is -2.75. The van der Waals surface area contributed by atoms with Crippen molar-refractivity contribution in [3.05, 3.63) is 75.7 Å². The molecule has 0 aliphatic heterocycles. The third-order valence-corrected chi connectivity index (χ3v) is 6.57. The molecule has 0 spiro atoms. The van der Waals surface area contributed by atoms with E-state index < -0.39 is 10.0 Å². The number of carbonyl (C=O) groups excluding carboxylic acids is 1. The molecule has 174 valence electrons. The Labute approximate surface area is 206 Å². The number of halogens is 2. The van der Waals surface area contributed by atoms with Gasteiger partial charge in [-0.25, -0.2) is 8.42 Å². The fraction of sp³-hybridized carbons (Fsp3) is 0.174. The van der Waals surface area contributed by atoms with Gasteiger partial charge in [-0.2, -0.15) is 0 Å². The van der Waals surface area contributed by atoms with Gasteiger partial charge in [0.2, 0.25) is 0 Å². The number of ether oxygens (including phenoxy) is 2. The van der Waals surface area contributed by atoms with Crippen molar-refractivity contribution in [1.82, 2.24) is 0 Å². The SMILES string of the molecule is CCOc1cc(NS(=O)(=O)c2ccc(Br)cc2)c(OCC)cc1NC(=O)c1ccc(Cl)cc1. The van der Waals surface area contributed by atoms with Crippen molar-refractivity contribution < 1.29 is 22.7 Å². The van der Waals surface area contributed by atoms with E-state index >= 15 is 0 Å². The molecule has 0 heterocycles. The van der Waals surface area contributed by atoms with E-state index in [9.17, 15) is 13.2 Å². The fourth-order valence-electron chi connectivity index (χ4n) is 2.90. The van der Waals surface area contributed by atoms with Crippen molar-refractivity contribution in [3.63, 3.8) is 0 Å². The molecular weight excluding hydrogens is 532 g/mol. The summed E-state index contributed by atoms with van der Waals surface area (Å²) in [4.78, 5) is 12.8. The lowest BCUT2D eigenvalue weighted by molar-refractivity contribution is 0.102. The Morgan fingerprint density at radius 1 is 0.909 bits per heavy atom. The van der Waals surface area contributed by atoms with Gasteiger partial charge in [0.15, 0.2) is 0 Å². The highest BCUT2D eigenvalue weighted by Gasteiger charge is 2.20. The summed E-state index contributed by atoms with van der Waals surface area (Å²) in [5.74, 6) is 0.156. The summed E-state index contributed by atoms with van der Waals surface area (Å²) in [5.41, 5.74) is 0.930. The van der Waals surface area contributed by atoms with Crippen LogP contribution in [0.25, 0.3) is 0 Å². The van der Waals surface area contributed by atoms with Crippen molar-refractivity contribution in [1.29, 1.82) is 0 Å². The van der Waals surface area contributed by atoms with Gasteiger partial charge in [-0.15, -0.1) is 0 Å². The molecular formula is C23H22BrClN2O5S. The molecule has 0 bridgehead atoms. The Bertz CT molecular complexity index is 1230. The molecule has 0 saturated carbocycles. The third-order valence-electron chi connectivity index (χ3n) is 4.40. The molecule has 0 aliphatic carbocycles. The predicted molar refractivity (Wildman–Crippen MR) is 133 cm³/mol. The summed E-state index contributed by atoms with van der Waals surface area (Å²) in [7, 11) is -3.89. The molecule has 0 saturated heterocycles. The largest absolute Gasteiger partial charge is 0.492 e. The summed E-state index contributed by atoms with van der Waals surface area (Å²) >= 11 is 9.19. The molecule has 3 rings (SSSR count). The lowest BCUT2D eigenvalue weighted by atomic mass is 10.2. The molecule has 7 nitrogen and oxygen atoms in total. The monoisotopic (exact) mass is 552 g/mol. The minimum atomic E-state index is -3.89. The summed E-state index contributed by atoms with van der Waals surface area (Å²) in [6.45, 7) is 4.14. The summed E-state index contributed by atoms with van der Waals surface area (Å²) in [6.07, 6.45) is 0. The second-order valence-corrected chi connectivity index (χ2v) is 9.77. The molecule has 0 unspecified atom stereocenters. The number of hydrogen-bond donors (Lipinski definition) is 2. The van der Waals surface area contributed by atoms with Gasteiger partial charge in [0.25, 0.3) is 15.9 Å². The number of sulfonamides is 1. The second kappa shape index (κ2) is 10.9. The summed E-state index contributed by atoms with van der Waals surface area (Å²) in [6, 6.07) is 15.7. The average molecular weight is 554 g/mol. The maximum absolute atomic E-state index is 12.9. The molecule has 3 aromatic carbocycles. The van der Waals surface area contributed by atoms with Crippen LogP contribution >= 0.6 is 27.5 Å². The molecule has 33 heavy (non-hydrogen) atoms. The van der Waals surface area contributed by atoms with Crippen LogP contribution in [0.2, 0.25) is 5.02 Å². The standard InChI is InChI=1S/C23H22BrClN2O5S/c1-3-31-21-14-20(27-33(29,30)18-11-7-16(24)8-12-18)22(32-4-2)13-19(21)26-23(28)15-5-9-17(25)10-6-15/h5-14,27H,3-4H2,1-2H3,(H,26,28). The van der Waals surface area contributed by atoms with E-state index in [4.69, 9.17) is 21.1 Å². The van der Waals surface area contributed by atoms with Crippen molar-refractivity contribution in [2.45, 2.75) is 18.7 Å². The smallest absolute Gasteiger partial charge is 0.262 e. The minimum absolute atomic E-state index is 0.0891. The maximum Gasteiger partial charge on any atom is 0.262 e. The van der Waals surface area contributed by atoms with Gasteiger partial charge < -0.3 is 14.8 Å². The van der Waals surface area contributed by atoms with E-state index in [2.05, 4.69) is 26.0 Å². The summed E-state index contributed by atoms with van der Waals surface area (Å²) < 4.78 is 40.5. The molecule has 0 fully saturated rings. The lowest BCUT2D eigenvalue weighted by Gasteiger charge is -2.18. The number of anilines is 2. The van der Waals surface area contributed by atoms with E-state index in [1.54, 1.807) is 50.2 Å². The number of rotatable bonds is 9. The van der Waals surface area contributed by atoms with E-state index in [0.29, 0.717) is 22.9 Å². The Balaban J connectivity index is 1.97. The Kier molecular flexibility index (Phi) is 8.23. The van der Waals surface area contributed by atoms with Gasteiger partial charge in [0.1, 0.15) is 11.5 Å². The van der Waals surface area contributed by atoms with Crippen LogP contribution in [0.4, 0.5) is 11.4 Å². The van der Waals surface area contributed by atoms with Crippen molar-refractivity contribution >= 4 is 54.8 Å². The number of benzene rings is 3. The maximum atomic E-state index is 12.9. The quantitative estimate of drug-likeness (QED) is 0.341. The zero-order chi connectivity index (χ0) is 24.0. The molecule has 3 aromatic rings. The van der Waals surface area contributed by atoms with Crippen LogP contribution in [0.1, 0.15) is 24.2 Å². The van der Waals surface area contributed by atoms with Gasteiger partial charge in [-0.05, 0) is 62.4 Å². The zero-order valence-electron chi connectivity index (χ0n) is 17.9. The van der Waals surface area contributed by atoms with Crippen LogP contribution in [-0.2, 0) is 10.0 Å². The van der Waals surface area contributed by atoms with Crippen molar-refractivity contribution in [3.8, 4) is 11.5 Å². The highest BCUT2D eigenvalue weighted by Crippen LogP contribution is 2.38. The third kappa shape index (κ3) is 6.40. The second-order valence-electron chi connectivity index (χ2n) is 6.73. The van der Waals surface area contributed by atoms with E-state index in [1.165, 1.54) is 24.3 Å². The van der Waals surface area contributed by atoms with Crippen LogP contribution < -0.4 is 19.5 Å². The van der Waals surface area contributed by atoms with E-state index in [-0.39, 0.29) is 34.6 Å². The van der Waals surface area contributed by atoms with Crippen LogP contribution in [0.5, 0.6) is 11.5 Å². The van der Waals surface area contributed by atoms with Crippen LogP contribution in [0, 0.1) is 0 Å². The topological polar surface area (TPSA) is 93.7 Å². The first-order valence-electron chi connectivity index (χ1n) is 10.0. The number of nitrogens with one attached hydrogen (secondary N) is 2. The van der Waals surface area contributed by atoms with Gasteiger partial charge in [-0.3, -0.25) is 9.52 Å². The molecule has 0 aromatic heterocycles. The number of hydrogen-bond acceptors (Lipinski definition) is 5. The van der Waals surface area contributed by atoms with Crippen LogP contribution in [0.3, 0.4) is 0 Å². The molecule has 1 amide bonds. The van der Waals surface area contributed by atoms with Crippen LogP contribution in [-0.4, -0.2) is 27.5 Å². The molecule has 0 radical (unpaired) electrons. The first-order chi connectivity index (χ1) is 15.7. The molecule has 10 heteroatoms. The number of amides is 1. The first kappa shape index (κ1) is 24.9. The van der Waals surface area contributed by atoms with Crippen LogP contribution in [0.15, 0.2) is 70.0 Å². The van der Waals surface area contributed by atoms with Crippen molar-refractivity contribution in [2.24, 2.45) is 0 Å². The molecule has 0 aliphatic rings. The Morgan fingerprint density at radius 2 is 1.45 bits per heavy atom. The number of carbonyl (C=O) groups is 1. The van der Waals surface area contributed by atoms with E-state index in [0.717, 1.165) is 4.47 Å². The Morgan fingerprint density at radius 3 is 2.03 bits per heavy atom.